The van der Waals surface area contributed by atoms with E-state index in [1.54, 1.807) is 23.1 Å². The zero-order valence-electron chi connectivity index (χ0n) is 17.4. The molecule has 0 spiro atoms. The number of nitrogens with two attached hydrogens (primary N) is 1. The van der Waals surface area contributed by atoms with E-state index in [0.717, 1.165) is 27.5 Å². The predicted molar refractivity (Wildman–Crippen MR) is 127 cm³/mol. The van der Waals surface area contributed by atoms with Gasteiger partial charge in [-0.2, -0.15) is 9.61 Å². The minimum atomic E-state index is -1.82. The van der Waals surface area contributed by atoms with Crippen LogP contribution < -0.4 is 5.73 Å². The summed E-state index contributed by atoms with van der Waals surface area (Å²) in [5.74, 6) is -1.37. The van der Waals surface area contributed by atoms with Crippen molar-refractivity contribution in [1.29, 1.82) is 0 Å². The topological polar surface area (TPSA) is 119 Å². The Kier molecular flexibility index (Phi) is 5.83. The van der Waals surface area contributed by atoms with Crippen molar-refractivity contribution in [3.8, 4) is 21.8 Å². The van der Waals surface area contributed by atoms with Gasteiger partial charge in [0.25, 0.3) is 0 Å². The molecule has 170 valence electrons. The molecule has 1 atom stereocenters. The fourth-order valence-corrected chi connectivity index (χ4v) is 5.60. The van der Waals surface area contributed by atoms with Crippen LogP contribution >= 0.6 is 27.3 Å². The molecule has 5 rings (SSSR count). The molecule has 1 fully saturated rings. The van der Waals surface area contributed by atoms with Gasteiger partial charge >= 0.3 is 5.97 Å². The van der Waals surface area contributed by atoms with Gasteiger partial charge in [-0.25, -0.2) is 19.2 Å². The van der Waals surface area contributed by atoms with Crippen molar-refractivity contribution in [2.45, 2.75) is 37.8 Å². The zero-order valence-corrected chi connectivity index (χ0v) is 19.8. The van der Waals surface area contributed by atoms with Crippen molar-refractivity contribution in [1.82, 2.24) is 24.6 Å². The molecule has 1 aliphatic rings. The highest BCUT2D eigenvalue weighted by atomic mass is 79.9. The normalized spacial score (nSPS) is 19.6. The number of hydrogen-bond acceptors (Lipinski definition) is 7. The van der Waals surface area contributed by atoms with Gasteiger partial charge in [0.2, 0.25) is 0 Å². The molecule has 8 nitrogen and oxygen atoms in total. The molecule has 1 saturated carbocycles. The summed E-state index contributed by atoms with van der Waals surface area (Å²) in [6.07, 6.45) is 5.68. The quantitative estimate of drug-likeness (QED) is 0.374. The third kappa shape index (κ3) is 3.99. The van der Waals surface area contributed by atoms with E-state index in [9.17, 15) is 9.18 Å². The number of halogens is 2. The van der Waals surface area contributed by atoms with Gasteiger partial charge < -0.3 is 10.8 Å². The summed E-state index contributed by atoms with van der Waals surface area (Å²) in [6.45, 7) is 0. The first kappa shape index (κ1) is 21.9. The molecule has 4 heterocycles. The largest absolute Gasteiger partial charge is 0.479 e. The highest BCUT2D eigenvalue weighted by Gasteiger charge is 2.34. The summed E-state index contributed by atoms with van der Waals surface area (Å²) in [5.41, 5.74) is 10.2. The average Bonchev–Trinajstić information content (AvgIpc) is 3.51. The molecule has 11 heteroatoms. The number of hydrogen-bond donors (Lipinski definition) is 2. The average molecular weight is 531 g/mol. The first-order valence-corrected chi connectivity index (χ1v) is 12.2. The van der Waals surface area contributed by atoms with Gasteiger partial charge in [0.1, 0.15) is 10.8 Å². The maximum atomic E-state index is 13.9. The Hall–Kier alpha value is -2.92. The Labute approximate surface area is 200 Å². The van der Waals surface area contributed by atoms with E-state index in [1.165, 1.54) is 11.3 Å². The van der Waals surface area contributed by atoms with Crippen LogP contribution in [0.4, 0.5) is 10.2 Å². The standard InChI is InChI=1S/C22H20BrFN6O2S/c23-16-18(12-3-1-11(2-4-12)17(24)22(31)32)29-20-14(10-28-30(20)19(16)25)13-5-6-15(27-9-13)21-26-7-8-33-21/h5-12,17H,1-4,25H2,(H,31,32)/t11-,12+,17?. The molecule has 0 bridgehead atoms. The number of carbonyl (C=O) groups is 1. The van der Waals surface area contributed by atoms with Gasteiger partial charge in [0.05, 0.1) is 22.1 Å². The molecular formula is C22H20BrFN6O2S. The van der Waals surface area contributed by atoms with Gasteiger partial charge in [-0.05, 0) is 47.7 Å². The van der Waals surface area contributed by atoms with Crippen LogP contribution in [0.5, 0.6) is 0 Å². The van der Waals surface area contributed by atoms with Crippen LogP contribution in [0.25, 0.3) is 27.5 Å². The SMILES string of the molecule is Nc1c(Br)c([C@H]2CC[C@@H](C(F)C(=O)O)CC2)nc2c(-c3ccc(-c4nccs4)nc3)cnn12. The molecule has 0 aromatic carbocycles. The van der Waals surface area contributed by atoms with Gasteiger partial charge in [-0.1, -0.05) is 6.07 Å². The van der Waals surface area contributed by atoms with E-state index in [0.29, 0.717) is 41.6 Å². The second-order valence-corrected chi connectivity index (χ2v) is 9.80. The van der Waals surface area contributed by atoms with E-state index in [4.69, 9.17) is 15.8 Å². The Morgan fingerprint density at radius 3 is 2.67 bits per heavy atom. The summed E-state index contributed by atoms with van der Waals surface area (Å²) in [5, 5.41) is 16.1. The number of aromatic nitrogens is 5. The van der Waals surface area contributed by atoms with Crippen LogP contribution in [0.2, 0.25) is 0 Å². The van der Waals surface area contributed by atoms with Crippen LogP contribution in [0.15, 0.2) is 40.6 Å². The van der Waals surface area contributed by atoms with Gasteiger partial charge in [0.15, 0.2) is 11.8 Å². The van der Waals surface area contributed by atoms with Crippen molar-refractivity contribution in [2.75, 3.05) is 5.73 Å². The molecular weight excluding hydrogens is 511 g/mol. The third-order valence-electron chi connectivity index (χ3n) is 6.18. The number of carboxylic acid groups (broad SMARTS) is 1. The molecule has 4 aromatic rings. The molecule has 33 heavy (non-hydrogen) atoms. The lowest BCUT2D eigenvalue weighted by molar-refractivity contribution is -0.145. The molecule has 0 saturated heterocycles. The van der Waals surface area contributed by atoms with Gasteiger partial charge in [-0.3, -0.25) is 4.98 Å². The lowest BCUT2D eigenvalue weighted by atomic mass is 9.78. The number of rotatable bonds is 5. The second kappa shape index (κ2) is 8.79. The summed E-state index contributed by atoms with van der Waals surface area (Å²) in [6, 6.07) is 3.87. The summed E-state index contributed by atoms with van der Waals surface area (Å²) in [7, 11) is 0. The predicted octanol–water partition coefficient (Wildman–Crippen LogP) is 4.96. The van der Waals surface area contributed by atoms with Crippen molar-refractivity contribution in [3.05, 3.63) is 46.3 Å². The highest BCUT2D eigenvalue weighted by molar-refractivity contribution is 9.10. The van der Waals surface area contributed by atoms with Crippen molar-refractivity contribution >= 4 is 44.7 Å². The number of alkyl halides is 1. The molecule has 4 aromatic heterocycles. The van der Waals surface area contributed by atoms with Crippen molar-refractivity contribution in [2.24, 2.45) is 5.92 Å². The van der Waals surface area contributed by atoms with E-state index in [-0.39, 0.29) is 5.92 Å². The lowest BCUT2D eigenvalue weighted by Gasteiger charge is -2.29. The number of anilines is 1. The summed E-state index contributed by atoms with van der Waals surface area (Å²) >= 11 is 5.09. The lowest BCUT2D eigenvalue weighted by Crippen LogP contribution is -2.28. The molecule has 0 aliphatic heterocycles. The van der Waals surface area contributed by atoms with Crippen LogP contribution in [0.3, 0.4) is 0 Å². The maximum Gasteiger partial charge on any atom is 0.338 e. The third-order valence-corrected chi connectivity index (χ3v) is 7.79. The molecule has 3 N–H and O–H groups in total. The number of pyridine rings is 1. The number of carboxylic acids is 1. The van der Waals surface area contributed by atoms with Gasteiger partial charge in [0, 0.05) is 40.7 Å². The highest BCUT2D eigenvalue weighted by Crippen LogP contribution is 2.41. The smallest absolute Gasteiger partial charge is 0.338 e. The van der Waals surface area contributed by atoms with E-state index in [2.05, 4.69) is 31.0 Å². The number of aliphatic carboxylic acids is 1. The number of nitrogens with zero attached hydrogens (tertiary/aromatic N) is 5. The zero-order chi connectivity index (χ0) is 23.1. The van der Waals surface area contributed by atoms with Gasteiger partial charge in [-0.15, -0.1) is 11.3 Å². The first-order chi connectivity index (χ1) is 15.9. The van der Waals surface area contributed by atoms with E-state index < -0.39 is 18.1 Å². The number of thiazole rings is 1. The number of fused-ring (bicyclic) bond motifs is 1. The van der Waals surface area contributed by atoms with Crippen LogP contribution in [-0.2, 0) is 4.79 Å². The summed E-state index contributed by atoms with van der Waals surface area (Å²) in [4.78, 5) is 24.7. The minimum absolute atomic E-state index is 0.0528. The minimum Gasteiger partial charge on any atom is -0.479 e. The van der Waals surface area contributed by atoms with Crippen molar-refractivity contribution in [3.63, 3.8) is 0 Å². The van der Waals surface area contributed by atoms with Crippen LogP contribution in [0, 0.1) is 5.92 Å². The molecule has 1 unspecified atom stereocenters. The molecule has 0 radical (unpaired) electrons. The number of nitrogen functional groups attached to an aromatic ring is 1. The second-order valence-electron chi connectivity index (χ2n) is 8.11. The van der Waals surface area contributed by atoms with E-state index in [1.807, 2.05) is 17.5 Å². The summed E-state index contributed by atoms with van der Waals surface area (Å²) < 4.78 is 16.2. The first-order valence-electron chi connectivity index (χ1n) is 10.5. The monoisotopic (exact) mass is 530 g/mol. The molecule has 0 amide bonds. The fourth-order valence-electron chi connectivity index (χ4n) is 4.40. The Morgan fingerprint density at radius 1 is 1.24 bits per heavy atom. The van der Waals surface area contributed by atoms with Crippen LogP contribution in [-0.4, -0.2) is 41.8 Å². The Morgan fingerprint density at radius 2 is 2.03 bits per heavy atom. The Bertz CT molecular complexity index is 1300. The Balaban J connectivity index is 1.47. The van der Waals surface area contributed by atoms with E-state index >= 15 is 0 Å². The maximum absolute atomic E-state index is 13.9. The fraction of sp³-hybridized carbons (Fsp3) is 0.318. The van der Waals surface area contributed by atoms with Crippen LogP contribution in [0.1, 0.15) is 37.3 Å². The van der Waals surface area contributed by atoms with Crippen molar-refractivity contribution < 1.29 is 14.3 Å². The molecule has 1 aliphatic carbocycles.